The molecule has 0 saturated heterocycles. The number of ether oxygens (including phenoxy) is 1. The molecule has 2 rings (SSSR count). The van der Waals surface area contributed by atoms with Crippen LogP contribution >= 0.6 is 10.2 Å². The van der Waals surface area contributed by atoms with Crippen molar-refractivity contribution in [1.29, 1.82) is 0 Å². The largest absolute Gasteiger partial charge is 0.490 e. The fourth-order valence-corrected chi connectivity index (χ4v) is 2.79. The second-order valence-corrected chi connectivity index (χ2v) is 8.94. The van der Waals surface area contributed by atoms with Crippen LogP contribution < -0.4 is 10.1 Å². The molecule has 2 N–H and O–H groups in total. The van der Waals surface area contributed by atoms with Crippen molar-refractivity contribution in [3.05, 3.63) is 54.1 Å². The maximum atomic E-state index is 12.9. The number of carbonyl (C=O) groups is 1. The minimum Gasteiger partial charge on any atom is -0.490 e. The monoisotopic (exact) mass is 465 g/mol. The fourth-order valence-electron chi connectivity index (χ4n) is 2.11. The summed E-state index contributed by atoms with van der Waals surface area (Å²) >= 11 is 0. The molecule has 0 aliphatic heterocycles. The predicted molar refractivity (Wildman–Crippen MR) is 94.0 cm³/mol. The number of carbonyl (C=O) groups excluding carboxylic acids is 1. The lowest BCUT2D eigenvalue weighted by molar-refractivity contribution is -0.137. The Labute approximate surface area is 165 Å². The molecule has 0 radical (unpaired) electrons. The van der Waals surface area contributed by atoms with Gasteiger partial charge in [-0.2, -0.15) is 13.2 Å². The smallest absolute Gasteiger partial charge is 0.416 e. The Morgan fingerprint density at radius 3 is 2.10 bits per heavy atom. The number of hydrogen-bond acceptors (Lipinski definition) is 3. The molecule has 1 atom stereocenters. The average Bonchev–Trinajstić information content (AvgIpc) is 2.58. The summed E-state index contributed by atoms with van der Waals surface area (Å²) in [6.45, 7) is 0.131. The highest BCUT2D eigenvalue weighted by atomic mass is 32.5. The van der Waals surface area contributed by atoms with Crippen LogP contribution in [0.15, 0.2) is 53.4 Å². The van der Waals surface area contributed by atoms with Crippen molar-refractivity contribution in [3.63, 3.8) is 0 Å². The van der Waals surface area contributed by atoms with Crippen LogP contribution in [0.4, 0.5) is 38.3 Å². The highest BCUT2D eigenvalue weighted by Gasteiger charge is 2.65. The van der Waals surface area contributed by atoms with E-state index in [0.29, 0.717) is 18.2 Å². The minimum atomic E-state index is -9.97. The number of aliphatic hydroxyl groups is 1. The van der Waals surface area contributed by atoms with E-state index in [1.807, 2.05) is 5.32 Å². The summed E-state index contributed by atoms with van der Waals surface area (Å²) in [4.78, 5) is 9.88. The molecule has 168 valence electrons. The number of alkyl halides is 3. The Kier molecular flexibility index (Phi) is 5.33. The lowest BCUT2D eigenvalue weighted by Crippen LogP contribution is -2.45. The average molecular weight is 465 g/mol. The maximum Gasteiger partial charge on any atom is 0.416 e. The van der Waals surface area contributed by atoms with Gasteiger partial charge in [0.2, 0.25) is 0 Å². The summed E-state index contributed by atoms with van der Waals surface area (Å²) in [6.07, 6.45) is -4.58. The standard InChI is InChI=1S/C17H15F8NO3S/c1-16(28,10-29-13-7-5-11(6-8-13)17(18,19)20)15(27)26-12-3-2-4-14(9-12)30(21,22,23,24)25/h2-9,28H,10H2,1H3,(H,26,27). The van der Waals surface area contributed by atoms with Crippen molar-refractivity contribution >= 4 is 21.8 Å². The number of amides is 1. The second kappa shape index (κ2) is 6.74. The highest BCUT2D eigenvalue weighted by molar-refractivity contribution is 8.45. The van der Waals surface area contributed by atoms with E-state index in [1.54, 1.807) is 0 Å². The Bertz CT molecular complexity index is 941. The van der Waals surface area contributed by atoms with Crippen LogP contribution in [0.1, 0.15) is 12.5 Å². The van der Waals surface area contributed by atoms with Crippen molar-refractivity contribution in [1.82, 2.24) is 0 Å². The van der Waals surface area contributed by atoms with E-state index < -0.39 is 50.7 Å². The summed E-state index contributed by atoms with van der Waals surface area (Å²) in [7, 11) is -9.97. The number of halogens is 8. The summed E-state index contributed by atoms with van der Waals surface area (Å²) in [5.41, 5.74) is -3.96. The first-order chi connectivity index (χ1) is 13.3. The lowest BCUT2D eigenvalue weighted by atomic mass is 10.1. The number of benzene rings is 2. The van der Waals surface area contributed by atoms with Crippen LogP contribution in [0, 0.1) is 0 Å². The minimum absolute atomic E-state index is 0.0201. The highest BCUT2D eigenvalue weighted by Crippen LogP contribution is 3.02. The molecule has 1 amide bonds. The topological polar surface area (TPSA) is 58.6 Å². The van der Waals surface area contributed by atoms with E-state index in [2.05, 4.69) is 0 Å². The zero-order valence-corrected chi connectivity index (χ0v) is 15.8. The summed E-state index contributed by atoms with van der Waals surface area (Å²) in [5.74, 6) is -1.41. The van der Waals surface area contributed by atoms with Gasteiger partial charge in [0.05, 0.1) is 5.56 Å². The van der Waals surface area contributed by atoms with Gasteiger partial charge >= 0.3 is 16.4 Å². The fraction of sp³-hybridized carbons (Fsp3) is 0.235. The number of anilines is 1. The first kappa shape index (κ1) is 23.7. The maximum absolute atomic E-state index is 12.9. The van der Waals surface area contributed by atoms with Crippen molar-refractivity contribution in [2.45, 2.75) is 23.6 Å². The molecule has 0 bridgehead atoms. The molecule has 0 heterocycles. The molecule has 0 aromatic heterocycles. The van der Waals surface area contributed by atoms with Crippen LogP contribution in [-0.4, -0.2) is 23.2 Å². The molecule has 0 fully saturated rings. The summed E-state index contributed by atoms with van der Waals surface area (Å²) in [5, 5.41) is 12.0. The molecule has 0 aliphatic rings. The molecule has 13 heteroatoms. The van der Waals surface area contributed by atoms with Gasteiger partial charge in [-0.25, -0.2) is 0 Å². The second-order valence-electron chi connectivity index (χ2n) is 6.54. The lowest BCUT2D eigenvalue weighted by Gasteiger charge is -2.40. The normalized spacial score (nSPS) is 16.7. The van der Waals surface area contributed by atoms with Gasteiger partial charge in [-0.05, 0) is 49.4 Å². The third kappa shape index (κ3) is 6.23. The molecule has 2 aromatic rings. The summed E-state index contributed by atoms with van der Waals surface area (Å²) < 4.78 is 107. The van der Waals surface area contributed by atoms with Gasteiger partial charge in [0, 0.05) is 5.69 Å². The van der Waals surface area contributed by atoms with Crippen molar-refractivity contribution in [3.8, 4) is 5.75 Å². The molecule has 0 spiro atoms. The van der Waals surface area contributed by atoms with Crippen molar-refractivity contribution in [2.75, 3.05) is 11.9 Å². The Balaban J connectivity index is 2.08. The molecule has 4 nitrogen and oxygen atoms in total. The van der Waals surface area contributed by atoms with E-state index >= 15 is 0 Å². The molecule has 30 heavy (non-hydrogen) atoms. The SMILES string of the molecule is CC(O)(COc1ccc(C(F)(F)F)cc1)C(=O)Nc1cccc(S(F)(F)(F)(F)F)c1. The van der Waals surface area contributed by atoms with Crippen LogP contribution in [0.3, 0.4) is 0 Å². The van der Waals surface area contributed by atoms with E-state index in [-0.39, 0.29) is 17.9 Å². The Morgan fingerprint density at radius 1 is 1.03 bits per heavy atom. The van der Waals surface area contributed by atoms with Gasteiger partial charge in [-0.15, -0.1) is 0 Å². The van der Waals surface area contributed by atoms with Crippen LogP contribution in [-0.2, 0) is 11.0 Å². The van der Waals surface area contributed by atoms with E-state index in [4.69, 9.17) is 4.74 Å². The van der Waals surface area contributed by atoms with Crippen LogP contribution in [0.25, 0.3) is 0 Å². The Hall–Kier alpha value is -2.54. The number of nitrogens with one attached hydrogen (secondary N) is 1. The Morgan fingerprint density at radius 2 is 1.60 bits per heavy atom. The molecular formula is C17H15F8NO3S. The summed E-state index contributed by atoms with van der Waals surface area (Å²) in [6, 6.07) is 5.00. The quantitative estimate of drug-likeness (QED) is 0.505. The van der Waals surface area contributed by atoms with Gasteiger partial charge in [0.25, 0.3) is 5.91 Å². The zero-order valence-electron chi connectivity index (χ0n) is 15.0. The van der Waals surface area contributed by atoms with Crippen molar-refractivity contribution < 1.29 is 47.2 Å². The third-order valence-corrected chi connectivity index (χ3v) is 4.87. The first-order valence-corrected chi connectivity index (χ1v) is 9.91. The molecule has 0 aliphatic carbocycles. The predicted octanol–water partition coefficient (Wildman–Crippen LogP) is 6.13. The van der Waals surface area contributed by atoms with Gasteiger partial charge in [0.1, 0.15) is 17.3 Å². The zero-order chi connectivity index (χ0) is 23.1. The third-order valence-electron chi connectivity index (χ3n) is 3.73. The van der Waals surface area contributed by atoms with Crippen LogP contribution in [0.5, 0.6) is 5.75 Å². The molecule has 1 unspecified atom stereocenters. The number of rotatable bonds is 6. The number of hydrogen-bond donors (Lipinski definition) is 2. The van der Waals surface area contributed by atoms with Gasteiger partial charge < -0.3 is 15.2 Å². The van der Waals surface area contributed by atoms with Crippen LogP contribution in [0.2, 0.25) is 0 Å². The van der Waals surface area contributed by atoms with Crippen molar-refractivity contribution in [2.24, 2.45) is 0 Å². The first-order valence-electron chi connectivity index (χ1n) is 7.96. The van der Waals surface area contributed by atoms with E-state index in [0.717, 1.165) is 25.1 Å². The van der Waals surface area contributed by atoms with E-state index in [9.17, 15) is 42.5 Å². The van der Waals surface area contributed by atoms with Gasteiger partial charge in [-0.3, -0.25) is 4.79 Å². The van der Waals surface area contributed by atoms with E-state index in [1.165, 1.54) is 0 Å². The molecule has 0 saturated carbocycles. The molecule has 2 aromatic carbocycles. The molecular weight excluding hydrogens is 450 g/mol. The van der Waals surface area contributed by atoms with Gasteiger partial charge in [-0.1, -0.05) is 25.5 Å². The van der Waals surface area contributed by atoms with Gasteiger partial charge in [0.15, 0.2) is 5.60 Å².